The summed E-state index contributed by atoms with van der Waals surface area (Å²) < 4.78 is 5.63. The van der Waals surface area contributed by atoms with Crippen LogP contribution in [0.1, 0.15) is 69.4 Å². The van der Waals surface area contributed by atoms with Gasteiger partial charge < -0.3 is 20.5 Å². The Bertz CT molecular complexity index is 1050. The van der Waals surface area contributed by atoms with Crippen LogP contribution in [-0.2, 0) is 14.3 Å². The number of carbonyl (C=O) groups is 3. The maximum Gasteiger partial charge on any atom is 0.407 e. The summed E-state index contributed by atoms with van der Waals surface area (Å²) in [6.45, 7) is 3.97. The van der Waals surface area contributed by atoms with E-state index in [9.17, 15) is 19.5 Å². The van der Waals surface area contributed by atoms with Crippen LogP contribution in [0.4, 0.5) is 4.79 Å². The van der Waals surface area contributed by atoms with Gasteiger partial charge in [0.15, 0.2) is 0 Å². The first-order valence-electron chi connectivity index (χ1n) is 12.4. The van der Waals surface area contributed by atoms with Gasteiger partial charge in [-0.25, -0.2) is 4.79 Å². The summed E-state index contributed by atoms with van der Waals surface area (Å²) in [5, 5.41) is 15.1. The molecule has 2 aliphatic rings. The largest absolute Gasteiger partial charge is 0.481 e. The van der Waals surface area contributed by atoms with E-state index >= 15 is 0 Å². The molecule has 7 heteroatoms. The molecular weight excluding hydrogens is 444 g/mol. The minimum absolute atomic E-state index is 0.00726. The Morgan fingerprint density at radius 1 is 1.00 bits per heavy atom. The van der Waals surface area contributed by atoms with Gasteiger partial charge in [-0.05, 0) is 61.8 Å². The standard InChI is InChI=1S/C28H34N2O5/c1-28(2,15-14-25(31)29-19-9-7-8-18(16-19)26(32)33)30-27(34)35-17-24-22-12-5-3-10-20(22)21-11-4-6-13-23(21)24/h3-6,10-13,18-19,24H,7-9,14-17H2,1-2H3,(H,29,31)(H,30,34)(H,32,33)/t18-,19+/m1/s1. The van der Waals surface area contributed by atoms with Gasteiger partial charge in [-0.2, -0.15) is 0 Å². The van der Waals surface area contributed by atoms with Crippen molar-refractivity contribution in [1.82, 2.24) is 10.6 Å². The molecule has 2 amide bonds. The highest BCUT2D eigenvalue weighted by molar-refractivity contribution is 5.79. The van der Waals surface area contributed by atoms with E-state index in [1.807, 2.05) is 38.1 Å². The van der Waals surface area contributed by atoms with Crippen molar-refractivity contribution < 1.29 is 24.2 Å². The Hall–Kier alpha value is -3.35. The van der Waals surface area contributed by atoms with Crippen molar-refractivity contribution in [1.29, 1.82) is 0 Å². The summed E-state index contributed by atoms with van der Waals surface area (Å²) in [5.41, 5.74) is 4.04. The molecule has 0 unspecified atom stereocenters. The Morgan fingerprint density at radius 2 is 1.63 bits per heavy atom. The number of hydrogen-bond donors (Lipinski definition) is 3. The molecule has 1 saturated carbocycles. The Kier molecular flexibility index (Phi) is 7.43. The van der Waals surface area contributed by atoms with E-state index in [2.05, 4.69) is 34.9 Å². The van der Waals surface area contributed by atoms with Crippen LogP contribution in [0.2, 0.25) is 0 Å². The number of carboxylic acids is 1. The molecule has 0 radical (unpaired) electrons. The first-order valence-corrected chi connectivity index (χ1v) is 12.4. The number of carbonyl (C=O) groups excluding carboxylic acids is 2. The highest BCUT2D eigenvalue weighted by Crippen LogP contribution is 2.44. The van der Waals surface area contributed by atoms with Crippen LogP contribution in [0.5, 0.6) is 0 Å². The molecule has 3 N–H and O–H groups in total. The molecule has 0 aliphatic heterocycles. The summed E-state index contributed by atoms with van der Waals surface area (Å²) >= 11 is 0. The lowest BCUT2D eigenvalue weighted by Gasteiger charge is -2.29. The van der Waals surface area contributed by atoms with Gasteiger partial charge in [0.25, 0.3) is 0 Å². The summed E-state index contributed by atoms with van der Waals surface area (Å²) in [7, 11) is 0. The van der Waals surface area contributed by atoms with E-state index in [1.165, 1.54) is 11.1 Å². The molecule has 1 fully saturated rings. The van der Waals surface area contributed by atoms with Gasteiger partial charge in [-0.15, -0.1) is 0 Å². The molecule has 0 aromatic heterocycles. The maximum atomic E-state index is 12.6. The molecule has 186 valence electrons. The van der Waals surface area contributed by atoms with E-state index in [0.29, 0.717) is 19.3 Å². The molecule has 0 saturated heterocycles. The average molecular weight is 479 g/mol. The lowest BCUT2D eigenvalue weighted by atomic mass is 9.85. The maximum absolute atomic E-state index is 12.6. The van der Waals surface area contributed by atoms with Crippen molar-refractivity contribution in [2.45, 2.75) is 69.9 Å². The topological polar surface area (TPSA) is 105 Å². The number of ether oxygens (including phenoxy) is 1. The zero-order valence-electron chi connectivity index (χ0n) is 20.4. The van der Waals surface area contributed by atoms with E-state index < -0.39 is 17.6 Å². The lowest BCUT2D eigenvalue weighted by molar-refractivity contribution is -0.143. The predicted octanol–water partition coefficient (Wildman–Crippen LogP) is 4.84. The van der Waals surface area contributed by atoms with Crippen LogP contribution in [0, 0.1) is 5.92 Å². The quantitative estimate of drug-likeness (QED) is 0.503. The first kappa shape index (κ1) is 24.8. The smallest absolute Gasteiger partial charge is 0.407 e. The van der Waals surface area contributed by atoms with Gasteiger partial charge in [0.05, 0.1) is 5.92 Å². The Balaban J connectivity index is 1.25. The molecule has 2 aromatic carbocycles. The van der Waals surface area contributed by atoms with Crippen LogP contribution in [0.15, 0.2) is 48.5 Å². The number of aliphatic carboxylic acids is 1. The zero-order valence-corrected chi connectivity index (χ0v) is 20.4. The summed E-state index contributed by atoms with van der Waals surface area (Å²) in [6, 6.07) is 16.3. The molecular formula is C28H34N2O5. The second-order valence-corrected chi connectivity index (χ2v) is 10.3. The van der Waals surface area contributed by atoms with E-state index in [-0.39, 0.29) is 36.8 Å². The summed E-state index contributed by atoms with van der Waals surface area (Å²) in [6.07, 6.45) is 2.92. The third-order valence-corrected chi connectivity index (χ3v) is 7.15. The minimum atomic E-state index is -0.794. The van der Waals surface area contributed by atoms with Gasteiger partial charge >= 0.3 is 12.1 Å². The van der Waals surface area contributed by atoms with Crippen molar-refractivity contribution in [3.05, 3.63) is 59.7 Å². The molecule has 4 rings (SSSR count). The van der Waals surface area contributed by atoms with Crippen molar-refractivity contribution in [3.8, 4) is 11.1 Å². The number of fused-ring (bicyclic) bond motifs is 3. The minimum Gasteiger partial charge on any atom is -0.481 e. The fourth-order valence-electron chi connectivity index (χ4n) is 5.24. The van der Waals surface area contributed by atoms with Gasteiger partial charge in [0, 0.05) is 23.9 Å². The normalized spacial score (nSPS) is 19.4. The highest BCUT2D eigenvalue weighted by atomic mass is 16.5. The number of alkyl carbamates (subject to hydrolysis) is 1. The molecule has 2 atom stereocenters. The fraction of sp³-hybridized carbons (Fsp3) is 0.464. The van der Waals surface area contributed by atoms with Crippen LogP contribution in [-0.4, -0.2) is 41.3 Å². The number of benzene rings is 2. The number of amides is 2. The number of carboxylic acid groups (broad SMARTS) is 1. The van der Waals surface area contributed by atoms with Crippen LogP contribution >= 0.6 is 0 Å². The second kappa shape index (κ2) is 10.5. The SMILES string of the molecule is CC(C)(CCC(=O)N[C@H]1CCC[C@@H](C(=O)O)C1)NC(=O)OCC1c2ccccc2-c2ccccc21. The lowest BCUT2D eigenvalue weighted by Crippen LogP contribution is -2.45. The van der Waals surface area contributed by atoms with Gasteiger partial charge in [-0.1, -0.05) is 55.0 Å². The first-order chi connectivity index (χ1) is 16.7. The molecule has 35 heavy (non-hydrogen) atoms. The molecule has 0 heterocycles. The third-order valence-electron chi connectivity index (χ3n) is 7.15. The number of rotatable bonds is 8. The van der Waals surface area contributed by atoms with Gasteiger partial charge in [0.2, 0.25) is 5.91 Å². The Labute approximate surface area is 206 Å². The number of nitrogens with one attached hydrogen (secondary N) is 2. The predicted molar refractivity (Wildman–Crippen MR) is 133 cm³/mol. The van der Waals surface area contributed by atoms with Crippen molar-refractivity contribution in [2.75, 3.05) is 6.61 Å². The van der Waals surface area contributed by atoms with E-state index in [1.54, 1.807) is 0 Å². The Morgan fingerprint density at radius 3 is 2.26 bits per heavy atom. The van der Waals surface area contributed by atoms with Crippen molar-refractivity contribution in [3.63, 3.8) is 0 Å². The van der Waals surface area contributed by atoms with Crippen LogP contribution < -0.4 is 10.6 Å². The molecule has 2 aromatic rings. The second-order valence-electron chi connectivity index (χ2n) is 10.3. The molecule has 0 spiro atoms. The summed E-state index contributed by atoms with van der Waals surface area (Å²) in [5.74, 6) is -1.31. The average Bonchev–Trinajstić information content (AvgIpc) is 3.15. The van der Waals surface area contributed by atoms with E-state index in [0.717, 1.165) is 24.0 Å². The number of hydrogen-bond acceptors (Lipinski definition) is 4. The van der Waals surface area contributed by atoms with Gasteiger partial charge in [0.1, 0.15) is 6.61 Å². The molecule has 7 nitrogen and oxygen atoms in total. The van der Waals surface area contributed by atoms with Gasteiger partial charge in [-0.3, -0.25) is 9.59 Å². The molecule has 2 aliphatic carbocycles. The molecule has 0 bridgehead atoms. The third kappa shape index (κ3) is 6.02. The zero-order chi connectivity index (χ0) is 25.0. The van der Waals surface area contributed by atoms with Crippen molar-refractivity contribution >= 4 is 18.0 Å². The fourth-order valence-corrected chi connectivity index (χ4v) is 5.24. The van der Waals surface area contributed by atoms with E-state index in [4.69, 9.17) is 4.74 Å². The summed E-state index contributed by atoms with van der Waals surface area (Å²) in [4.78, 5) is 36.3. The van der Waals surface area contributed by atoms with Crippen LogP contribution in [0.25, 0.3) is 11.1 Å². The van der Waals surface area contributed by atoms with Crippen molar-refractivity contribution in [2.24, 2.45) is 5.92 Å². The highest BCUT2D eigenvalue weighted by Gasteiger charge is 2.31. The monoisotopic (exact) mass is 478 g/mol. The van der Waals surface area contributed by atoms with Crippen LogP contribution in [0.3, 0.4) is 0 Å².